The SMILES string of the molecule is COc1cccc(CN2CC[C@@]34O[C@@H](c5ccccc5)CN3C(=O)C[C@@H]24)c1OC. The first-order chi connectivity index (χ1) is 14.2. The monoisotopic (exact) mass is 394 g/mol. The third-order valence-corrected chi connectivity index (χ3v) is 6.57. The van der Waals surface area contributed by atoms with E-state index in [2.05, 4.69) is 23.1 Å². The number of amides is 1. The van der Waals surface area contributed by atoms with Gasteiger partial charge in [-0.25, -0.2) is 0 Å². The molecule has 3 saturated heterocycles. The van der Waals surface area contributed by atoms with Crippen LogP contribution in [0.4, 0.5) is 0 Å². The summed E-state index contributed by atoms with van der Waals surface area (Å²) in [6, 6.07) is 16.2. The maximum atomic E-state index is 12.8. The molecule has 2 aromatic carbocycles. The van der Waals surface area contributed by atoms with E-state index in [1.807, 2.05) is 35.2 Å². The van der Waals surface area contributed by atoms with Gasteiger partial charge in [0.1, 0.15) is 6.10 Å². The van der Waals surface area contributed by atoms with Crippen LogP contribution in [0.25, 0.3) is 0 Å². The maximum absolute atomic E-state index is 12.8. The fourth-order valence-corrected chi connectivity index (χ4v) is 5.24. The highest BCUT2D eigenvalue weighted by Crippen LogP contribution is 2.51. The van der Waals surface area contributed by atoms with Crippen LogP contribution in [0.1, 0.15) is 30.1 Å². The molecule has 3 aliphatic rings. The van der Waals surface area contributed by atoms with E-state index < -0.39 is 5.72 Å². The number of methoxy groups -OCH3 is 2. The van der Waals surface area contributed by atoms with Crippen LogP contribution in [0.15, 0.2) is 48.5 Å². The smallest absolute Gasteiger partial charge is 0.226 e. The third kappa shape index (κ3) is 2.81. The first kappa shape index (κ1) is 18.5. The zero-order valence-electron chi connectivity index (χ0n) is 16.8. The molecule has 0 saturated carbocycles. The minimum Gasteiger partial charge on any atom is -0.493 e. The lowest BCUT2D eigenvalue weighted by Gasteiger charge is -2.32. The molecule has 3 fully saturated rings. The minimum atomic E-state index is -0.510. The van der Waals surface area contributed by atoms with Gasteiger partial charge in [0.05, 0.1) is 26.8 Å². The van der Waals surface area contributed by atoms with Crippen LogP contribution in [0.5, 0.6) is 11.5 Å². The summed E-state index contributed by atoms with van der Waals surface area (Å²) in [4.78, 5) is 17.2. The number of carbonyl (C=O) groups is 1. The highest BCUT2D eigenvalue weighted by molar-refractivity contribution is 5.81. The molecule has 0 aromatic heterocycles. The number of nitrogens with zero attached hydrogens (tertiary/aromatic N) is 2. The lowest BCUT2D eigenvalue weighted by atomic mass is 10.1. The average Bonchev–Trinajstić information content (AvgIpc) is 3.38. The van der Waals surface area contributed by atoms with E-state index in [-0.39, 0.29) is 18.1 Å². The van der Waals surface area contributed by atoms with Crippen molar-refractivity contribution >= 4 is 5.91 Å². The van der Waals surface area contributed by atoms with Gasteiger partial charge in [-0.3, -0.25) is 9.69 Å². The van der Waals surface area contributed by atoms with Crippen molar-refractivity contribution in [1.29, 1.82) is 0 Å². The molecule has 6 nitrogen and oxygen atoms in total. The van der Waals surface area contributed by atoms with Crippen molar-refractivity contribution in [2.75, 3.05) is 27.3 Å². The summed E-state index contributed by atoms with van der Waals surface area (Å²) < 4.78 is 17.7. The molecule has 29 heavy (non-hydrogen) atoms. The van der Waals surface area contributed by atoms with Crippen LogP contribution in [-0.2, 0) is 16.1 Å². The molecular formula is C23H26N2O4. The van der Waals surface area contributed by atoms with E-state index in [0.717, 1.165) is 35.6 Å². The van der Waals surface area contributed by atoms with Crippen LogP contribution in [-0.4, -0.2) is 54.8 Å². The summed E-state index contributed by atoms with van der Waals surface area (Å²) in [5, 5.41) is 0. The van der Waals surface area contributed by atoms with Crippen molar-refractivity contribution in [3.63, 3.8) is 0 Å². The van der Waals surface area contributed by atoms with E-state index >= 15 is 0 Å². The van der Waals surface area contributed by atoms with Crippen molar-refractivity contribution in [1.82, 2.24) is 9.80 Å². The molecule has 6 heteroatoms. The van der Waals surface area contributed by atoms with E-state index in [4.69, 9.17) is 14.2 Å². The van der Waals surface area contributed by atoms with Crippen molar-refractivity contribution in [3.8, 4) is 11.5 Å². The number of ether oxygens (including phenoxy) is 3. The highest BCUT2D eigenvalue weighted by Gasteiger charge is 2.63. The Morgan fingerprint density at radius 2 is 1.93 bits per heavy atom. The van der Waals surface area contributed by atoms with Crippen molar-refractivity contribution in [3.05, 3.63) is 59.7 Å². The van der Waals surface area contributed by atoms with Gasteiger partial charge >= 0.3 is 0 Å². The van der Waals surface area contributed by atoms with Gasteiger partial charge in [-0.1, -0.05) is 42.5 Å². The lowest BCUT2D eigenvalue weighted by Crippen LogP contribution is -2.47. The van der Waals surface area contributed by atoms with Gasteiger partial charge in [-0.15, -0.1) is 0 Å². The summed E-state index contributed by atoms with van der Waals surface area (Å²) in [5.41, 5.74) is 1.69. The van der Waals surface area contributed by atoms with Crippen LogP contribution in [0.3, 0.4) is 0 Å². The average molecular weight is 394 g/mol. The van der Waals surface area contributed by atoms with Crippen LogP contribution >= 0.6 is 0 Å². The lowest BCUT2D eigenvalue weighted by molar-refractivity contribution is -0.138. The molecule has 0 N–H and O–H groups in total. The Balaban J connectivity index is 1.41. The van der Waals surface area contributed by atoms with Gasteiger partial charge < -0.3 is 19.1 Å². The molecular weight excluding hydrogens is 368 g/mol. The fourth-order valence-electron chi connectivity index (χ4n) is 5.24. The number of rotatable bonds is 5. The number of hydrogen-bond donors (Lipinski definition) is 0. The molecule has 5 rings (SSSR count). The Morgan fingerprint density at radius 1 is 1.10 bits per heavy atom. The number of para-hydroxylation sites is 1. The standard InChI is InChI=1S/C23H26N2O4/c1-27-18-10-6-9-17(22(18)28-2)14-24-12-11-23-20(24)13-21(26)25(23)15-19(29-23)16-7-4-3-5-8-16/h3-10,19-20H,11-15H2,1-2H3/t19-,20-,23+/m1/s1. The maximum Gasteiger partial charge on any atom is 0.226 e. The molecule has 0 aliphatic carbocycles. The summed E-state index contributed by atoms with van der Waals surface area (Å²) in [5.74, 6) is 1.67. The molecule has 1 amide bonds. The van der Waals surface area contributed by atoms with Gasteiger partial charge in [0.25, 0.3) is 0 Å². The minimum absolute atomic E-state index is 0.0552. The summed E-state index contributed by atoms with van der Waals surface area (Å²) in [6.45, 7) is 2.22. The molecule has 1 spiro atoms. The summed E-state index contributed by atoms with van der Waals surface area (Å²) in [7, 11) is 3.31. The topological polar surface area (TPSA) is 51.2 Å². The van der Waals surface area contributed by atoms with Gasteiger partial charge in [-0.05, 0) is 11.6 Å². The Kier molecular flexibility index (Phi) is 4.48. The second kappa shape index (κ2) is 7.04. The predicted octanol–water partition coefficient (Wildman–Crippen LogP) is 2.98. The number of likely N-dealkylation sites (tertiary alicyclic amines) is 1. The van der Waals surface area contributed by atoms with Crippen LogP contribution < -0.4 is 9.47 Å². The van der Waals surface area contributed by atoms with Crippen LogP contribution in [0, 0.1) is 0 Å². The van der Waals surface area contributed by atoms with Crippen molar-refractivity contribution in [2.24, 2.45) is 0 Å². The van der Waals surface area contributed by atoms with Gasteiger partial charge in [0.15, 0.2) is 17.2 Å². The van der Waals surface area contributed by atoms with Crippen LogP contribution in [0.2, 0.25) is 0 Å². The zero-order chi connectivity index (χ0) is 20.0. The van der Waals surface area contributed by atoms with E-state index in [9.17, 15) is 4.79 Å². The second-order valence-corrected chi connectivity index (χ2v) is 7.96. The highest BCUT2D eigenvalue weighted by atomic mass is 16.5. The van der Waals surface area contributed by atoms with E-state index in [1.165, 1.54) is 0 Å². The first-order valence-corrected chi connectivity index (χ1v) is 10.1. The summed E-state index contributed by atoms with van der Waals surface area (Å²) in [6.07, 6.45) is 1.28. The largest absolute Gasteiger partial charge is 0.493 e. The Bertz CT molecular complexity index is 918. The number of hydrogen-bond acceptors (Lipinski definition) is 5. The second-order valence-electron chi connectivity index (χ2n) is 7.96. The molecule has 3 aliphatic heterocycles. The molecule has 0 radical (unpaired) electrons. The number of carbonyl (C=O) groups excluding carboxylic acids is 1. The molecule has 152 valence electrons. The molecule has 2 aromatic rings. The fraction of sp³-hybridized carbons (Fsp3) is 0.435. The molecule has 0 unspecified atom stereocenters. The van der Waals surface area contributed by atoms with Gasteiger partial charge in [-0.2, -0.15) is 0 Å². The van der Waals surface area contributed by atoms with E-state index in [0.29, 0.717) is 19.5 Å². The number of benzene rings is 2. The quantitative estimate of drug-likeness (QED) is 0.780. The Hall–Kier alpha value is -2.57. The third-order valence-electron chi connectivity index (χ3n) is 6.57. The predicted molar refractivity (Wildman–Crippen MR) is 108 cm³/mol. The molecule has 3 atom stereocenters. The van der Waals surface area contributed by atoms with E-state index in [1.54, 1.807) is 14.2 Å². The summed E-state index contributed by atoms with van der Waals surface area (Å²) >= 11 is 0. The first-order valence-electron chi connectivity index (χ1n) is 10.1. The van der Waals surface area contributed by atoms with Crippen molar-refractivity contribution < 1.29 is 19.0 Å². The van der Waals surface area contributed by atoms with Gasteiger partial charge in [0.2, 0.25) is 5.91 Å². The Morgan fingerprint density at radius 3 is 2.69 bits per heavy atom. The normalized spacial score (nSPS) is 28.5. The Labute approximate surface area is 171 Å². The van der Waals surface area contributed by atoms with Gasteiger partial charge in [0, 0.05) is 31.5 Å². The molecule has 0 bridgehead atoms. The molecule has 3 heterocycles. The van der Waals surface area contributed by atoms with Crippen molar-refractivity contribution in [2.45, 2.75) is 37.3 Å². The zero-order valence-corrected chi connectivity index (χ0v) is 16.8.